The molecule has 290 valence electrons. The van der Waals surface area contributed by atoms with E-state index in [4.69, 9.17) is 0 Å². The van der Waals surface area contributed by atoms with Crippen LogP contribution in [0.5, 0.6) is 0 Å². The fraction of sp³-hybridized carbons (Fsp3) is 0.119. The molecule has 61 heavy (non-hydrogen) atoms. The van der Waals surface area contributed by atoms with E-state index in [2.05, 4.69) is 203 Å². The Morgan fingerprint density at radius 1 is 0.410 bits per heavy atom. The number of para-hydroxylation sites is 1. The lowest BCUT2D eigenvalue weighted by molar-refractivity contribution is 0.549. The van der Waals surface area contributed by atoms with E-state index in [1.807, 2.05) is 0 Å². The molecule has 1 fully saturated rings. The molecular weight excluding hydrogens is 737 g/mol. The first-order valence-corrected chi connectivity index (χ1v) is 22.1. The Morgan fingerprint density at radius 3 is 1.84 bits per heavy atom. The van der Waals surface area contributed by atoms with Gasteiger partial charge in [0.1, 0.15) is 0 Å². The molecule has 0 radical (unpaired) electrons. The van der Waals surface area contributed by atoms with E-state index >= 15 is 0 Å². The van der Waals surface area contributed by atoms with Crippen LogP contribution in [0.2, 0.25) is 0 Å². The molecule has 2 aromatic heterocycles. The number of aromatic nitrogens is 2. The molecule has 2 nitrogen and oxygen atoms in total. The Labute approximate surface area is 356 Å². The van der Waals surface area contributed by atoms with E-state index in [1.54, 1.807) is 5.56 Å². The highest BCUT2D eigenvalue weighted by atomic mass is 15.0. The maximum absolute atomic E-state index is 2.59. The van der Waals surface area contributed by atoms with Crippen molar-refractivity contribution in [3.05, 3.63) is 210 Å². The van der Waals surface area contributed by atoms with Gasteiger partial charge in [0.2, 0.25) is 0 Å². The van der Waals surface area contributed by atoms with Crippen LogP contribution >= 0.6 is 0 Å². The molecule has 10 aromatic rings. The highest BCUT2D eigenvalue weighted by Gasteiger charge is 2.45. The molecule has 0 saturated heterocycles. The summed E-state index contributed by atoms with van der Waals surface area (Å²) in [7, 11) is 0. The molecule has 2 heteroatoms. The summed E-state index contributed by atoms with van der Waals surface area (Å²) in [6.45, 7) is 0. The Balaban J connectivity index is 1.01. The van der Waals surface area contributed by atoms with Gasteiger partial charge in [0, 0.05) is 44.2 Å². The molecule has 0 unspecified atom stereocenters. The minimum atomic E-state index is 0.143. The van der Waals surface area contributed by atoms with Crippen molar-refractivity contribution < 1.29 is 0 Å². The molecular formula is C59H44N2. The molecule has 0 amide bonds. The van der Waals surface area contributed by atoms with Gasteiger partial charge in [-0.1, -0.05) is 146 Å². The Bertz CT molecular complexity index is 3390. The van der Waals surface area contributed by atoms with Gasteiger partial charge in [-0.05, 0) is 142 Å². The summed E-state index contributed by atoms with van der Waals surface area (Å²) in [6, 6.07) is 68.3. The van der Waals surface area contributed by atoms with Crippen LogP contribution in [0.4, 0.5) is 0 Å². The smallest absolute Gasteiger partial charge is 0.0553 e. The van der Waals surface area contributed by atoms with Crippen LogP contribution in [0.25, 0.3) is 94.7 Å². The average molecular weight is 781 g/mol. The van der Waals surface area contributed by atoms with Crippen molar-refractivity contribution in [1.29, 1.82) is 0 Å². The zero-order valence-electron chi connectivity index (χ0n) is 34.1. The summed E-state index contributed by atoms with van der Waals surface area (Å²) in [5.74, 6) is 0. The summed E-state index contributed by atoms with van der Waals surface area (Å²) in [5, 5.41) is 3.86. The van der Waals surface area contributed by atoms with E-state index in [-0.39, 0.29) is 5.41 Å². The summed E-state index contributed by atoms with van der Waals surface area (Å²) in [4.78, 5) is 0. The molecule has 2 heterocycles. The van der Waals surface area contributed by atoms with Gasteiger partial charge >= 0.3 is 0 Å². The lowest BCUT2D eigenvalue weighted by Crippen LogP contribution is -2.20. The van der Waals surface area contributed by atoms with Crippen molar-refractivity contribution in [2.24, 2.45) is 0 Å². The summed E-state index contributed by atoms with van der Waals surface area (Å²) >= 11 is 0. The Hall–Kier alpha value is -7.16. The summed E-state index contributed by atoms with van der Waals surface area (Å²) < 4.78 is 5.06. The van der Waals surface area contributed by atoms with E-state index in [0.29, 0.717) is 0 Å². The van der Waals surface area contributed by atoms with Gasteiger partial charge in [-0.15, -0.1) is 0 Å². The second-order valence-corrected chi connectivity index (χ2v) is 17.5. The number of fused-ring (bicyclic) bond motifs is 11. The van der Waals surface area contributed by atoms with Crippen LogP contribution < -0.4 is 0 Å². The Morgan fingerprint density at radius 2 is 1.07 bits per heavy atom. The van der Waals surface area contributed by atoms with Gasteiger partial charge in [0.25, 0.3) is 0 Å². The largest absolute Gasteiger partial charge is 0.313 e. The van der Waals surface area contributed by atoms with Crippen LogP contribution in [0.3, 0.4) is 0 Å². The molecule has 0 atom stereocenters. The van der Waals surface area contributed by atoms with Gasteiger partial charge in [0.05, 0.1) is 16.6 Å². The Kier molecular flexibility index (Phi) is 7.63. The fourth-order valence-corrected chi connectivity index (χ4v) is 11.6. The number of hydrogen-bond donors (Lipinski definition) is 0. The third-order valence-corrected chi connectivity index (χ3v) is 14.3. The molecule has 3 aliphatic rings. The topological polar surface area (TPSA) is 9.86 Å². The lowest BCUT2D eigenvalue weighted by atomic mass is 9.77. The van der Waals surface area contributed by atoms with Crippen molar-refractivity contribution in [2.75, 3.05) is 0 Å². The molecule has 0 bridgehead atoms. The van der Waals surface area contributed by atoms with Crippen LogP contribution in [-0.4, -0.2) is 9.13 Å². The third-order valence-electron chi connectivity index (χ3n) is 14.3. The number of nitrogens with zero attached hydrogens (tertiary/aromatic N) is 2. The highest BCUT2D eigenvalue weighted by molar-refractivity contribution is 6.18. The van der Waals surface area contributed by atoms with Gasteiger partial charge in [-0.3, -0.25) is 0 Å². The molecule has 0 aliphatic heterocycles. The van der Waals surface area contributed by atoms with Crippen molar-refractivity contribution >= 4 is 38.8 Å². The second kappa shape index (κ2) is 13.4. The van der Waals surface area contributed by atoms with Gasteiger partial charge < -0.3 is 9.13 Å². The average Bonchev–Trinajstić information content (AvgIpc) is 4.10. The fourth-order valence-electron chi connectivity index (χ4n) is 11.6. The minimum Gasteiger partial charge on any atom is -0.313 e. The predicted molar refractivity (Wildman–Crippen MR) is 256 cm³/mol. The van der Waals surface area contributed by atoms with Crippen LogP contribution in [-0.2, 0) is 11.8 Å². The van der Waals surface area contributed by atoms with E-state index in [9.17, 15) is 0 Å². The van der Waals surface area contributed by atoms with E-state index in [1.165, 1.54) is 125 Å². The van der Waals surface area contributed by atoms with Gasteiger partial charge in [-0.25, -0.2) is 0 Å². The van der Waals surface area contributed by atoms with Crippen molar-refractivity contribution in [2.45, 2.75) is 43.9 Å². The monoisotopic (exact) mass is 780 g/mol. The van der Waals surface area contributed by atoms with Crippen molar-refractivity contribution in [3.8, 4) is 55.9 Å². The highest BCUT2D eigenvalue weighted by Crippen LogP contribution is 2.57. The third kappa shape index (κ3) is 5.15. The molecule has 8 aromatic carbocycles. The predicted octanol–water partition coefficient (Wildman–Crippen LogP) is 15.5. The first-order valence-electron chi connectivity index (χ1n) is 22.1. The maximum atomic E-state index is 2.59. The molecule has 13 rings (SSSR count). The zero-order chi connectivity index (χ0) is 40.1. The van der Waals surface area contributed by atoms with Gasteiger partial charge in [0.15, 0.2) is 0 Å². The number of rotatable bonds is 5. The lowest BCUT2D eigenvalue weighted by Gasteiger charge is -2.27. The van der Waals surface area contributed by atoms with Crippen LogP contribution in [0, 0.1) is 0 Å². The molecule has 3 aliphatic carbocycles. The normalized spacial score (nSPS) is 14.9. The first kappa shape index (κ1) is 34.7. The zero-order valence-corrected chi connectivity index (χ0v) is 34.1. The minimum absolute atomic E-state index is 0.143. The molecule has 1 spiro atoms. The van der Waals surface area contributed by atoms with Crippen molar-refractivity contribution in [1.82, 2.24) is 9.13 Å². The van der Waals surface area contributed by atoms with Crippen molar-refractivity contribution in [3.63, 3.8) is 0 Å². The van der Waals surface area contributed by atoms with Gasteiger partial charge in [-0.2, -0.15) is 0 Å². The molecule has 1 saturated carbocycles. The number of allylic oxidation sites excluding steroid dienone is 1. The van der Waals surface area contributed by atoms with E-state index < -0.39 is 0 Å². The standard InChI is InChI=1S/C59H44N2/c1-4-16-39(17-5-1)43-36-49(40-18-6-2-7-19-40)58-51-35-42(27-31-56(51)60(57(58)37-43)44-20-8-3-9-21-44)41-26-30-55-50(34-41)48-23-11-13-25-54(48)61(55)45-28-29-47-46-22-10-12-24-52(46)59(53(47)38-45)32-14-15-33-59/h1-12,16-24,26-31,34-38H,13-15,25,32-33H2. The molecule has 0 N–H and O–H groups in total. The van der Waals surface area contributed by atoms with E-state index in [0.717, 1.165) is 18.5 Å². The summed E-state index contributed by atoms with van der Waals surface area (Å²) in [6.07, 6.45) is 11.9. The van der Waals surface area contributed by atoms with Crippen LogP contribution in [0.1, 0.15) is 54.5 Å². The maximum Gasteiger partial charge on any atom is 0.0553 e. The summed E-state index contributed by atoms with van der Waals surface area (Å²) in [5.41, 5.74) is 22.4. The number of hydrogen-bond acceptors (Lipinski definition) is 0. The van der Waals surface area contributed by atoms with Crippen LogP contribution in [0.15, 0.2) is 188 Å². The second-order valence-electron chi connectivity index (χ2n) is 17.5. The first-order chi connectivity index (χ1) is 30.2. The quantitative estimate of drug-likeness (QED) is 0.165. The number of benzene rings is 8. The SMILES string of the molecule is C1=Cc2c(n(-c3ccc4c(c3)C3(CCCC3)c3ccccc3-4)c3ccc(-c4ccc5c(c4)c4c(-c6ccccc6)cc(-c6ccccc6)cc4n5-c4ccccc4)cc23)CC1.